The Bertz CT molecular complexity index is 1220. The minimum atomic E-state index is -0.637. The van der Waals surface area contributed by atoms with Crippen molar-refractivity contribution in [2.75, 3.05) is 11.9 Å². The van der Waals surface area contributed by atoms with Gasteiger partial charge in [-0.3, -0.25) is 4.79 Å². The van der Waals surface area contributed by atoms with Gasteiger partial charge in [-0.15, -0.1) is 0 Å². The Kier molecular flexibility index (Phi) is 7.90. The van der Waals surface area contributed by atoms with Crippen LogP contribution < -0.4 is 16.1 Å². The lowest BCUT2D eigenvalue weighted by Crippen LogP contribution is -2.42. The van der Waals surface area contributed by atoms with Crippen LogP contribution in [0.3, 0.4) is 0 Å². The van der Waals surface area contributed by atoms with E-state index in [1.54, 1.807) is 23.2 Å². The number of allylic oxidation sites excluding steroid dienone is 3. The molecule has 9 heteroatoms. The van der Waals surface area contributed by atoms with Crippen molar-refractivity contribution in [1.82, 2.24) is 15.8 Å². The summed E-state index contributed by atoms with van der Waals surface area (Å²) in [7, 11) is 0. The summed E-state index contributed by atoms with van der Waals surface area (Å²) in [4.78, 5) is 25.6. The van der Waals surface area contributed by atoms with E-state index in [0.717, 1.165) is 24.1 Å². The van der Waals surface area contributed by atoms with Crippen LogP contribution in [-0.2, 0) is 6.54 Å². The van der Waals surface area contributed by atoms with E-state index < -0.39 is 11.8 Å². The molecule has 1 heterocycles. The molecule has 0 fully saturated rings. The number of amides is 3. The van der Waals surface area contributed by atoms with Gasteiger partial charge in [-0.25, -0.2) is 19.6 Å². The number of urea groups is 1. The minimum absolute atomic E-state index is 0.0776. The summed E-state index contributed by atoms with van der Waals surface area (Å²) in [6.45, 7) is 2.82. The molecule has 2 aromatic carbocycles. The lowest BCUT2D eigenvalue weighted by molar-refractivity contribution is 0.0740. The minimum Gasteiger partial charge on any atom is -0.334 e. The first-order valence-corrected chi connectivity index (χ1v) is 12.1. The topological polar surface area (TPSA) is 73.5 Å². The molecule has 35 heavy (non-hydrogen) atoms. The van der Waals surface area contributed by atoms with Gasteiger partial charge in [-0.2, -0.15) is 0 Å². The third kappa shape index (κ3) is 5.75. The predicted molar refractivity (Wildman–Crippen MR) is 137 cm³/mol. The molecule has 1 atom stereocenters. The summed E-state index contributed by atoms with van der Waals surface area (Å²) in [6, 6.07) is 8.43. The second kappa shape index (κ2) is 11.1. The van der Waals surface area contributed by atoms with E-state index >= 15 is 0 Å². The zero-order chi connectivity index (χ0) is 24.9. The molecule has 1 unspecified atom stereocenters. The van der Waals surface area contributed by atoms with E-state index in [-0.39, 0.29) is 29.1 Å². The maximum atomic E-state index is 13.9. The molecule has 0 bridgehead atoms. The fourth-order valence-corrected chi connectivity index (χ4v) is 4.33. The predicted octanol–water partition coefficient (Wildman–Crippen LogP) is 6.21. The molecule has 0 saturated carbocycles. The van der Waals surface area contributed by atoms with Crippen molar-refractivity contribution in [3.63, 3.8) is 0 Å². The molecule has 1 aliphatic carbocycles. The quantitative estimate of drug-likeness (QED) is 0.443. The lowest BCUT2D eigenvalue weighted by atomic mass is 9.94. The zero-order valence-corrected chi connectivity index (χ0v) is 20.6. The lowest BCUT2D eigenvalue weighted by Gasteiger charge is -2.28. The van der Waals surface area contributed by atoms with Crippen LogP contribution in [0.1, 0.15) is 35.7 Å². The average Bonchev–Trinajstić information content (AvgIpc) is 3.07. The number of carbonyl (C=O) groups is 2. The number of hydrogen-bond donors (Lipinski definition) is 3. The molecule has 3 N–H and O–H groups in total. The van der Waals surface area contributed by atoms with Gasteiger partial charge in [0.2, 0.25) is 0 Å². The Morgan fingerprint density at radius 3 is 2.77 bits per heavy atom. The van der Waals surface area contributed by atoms with Crippen molar-refractivity contribution in [2.45, 2.75) is 26.3 Å². The number of anilines is 1. The van der Waals surface area contributed by atoms with Crippen molar-refractivity contribution < 1.29 is 14.0 Å². The largest absolute Gasteiger partial charge is 0.334 e. The number of nitrogens with zero attached hydrogens (tertiary/aromatic N) is 1. The summed E-state index contributed by atoms with van der Waals surface area (Å²) in [6.07, 6.45) is 10.2. The van der Waals surface area contributed by atoms with Gasteiger partial charge in [0.1, 0.15) is 5.82 Å². The van der Waals surface area contributed by atoms with Crippen molar-refractivity contribution >= 4 is 40.8 Å². The van der Waals surface area contributed by atoms with Crippen LogP contribution in [-0.4, -0.2) is 23.5 Å². The Labute approximate surface area is 213 Å². The molecule has 3 amide bonds. The normalized spacial score (nSPS) is 17.1. The Morgan fingerprint density at radius 2 is 2.03 bits per heavy atom. The van der Waals surface area contributed by atoms with E-state index in [0.29, 0.717) is 22.7 Å². The van der Waals surface area contributed by atoms with Gasteiger partial charge in [0.15, 0.2) is 0 Å². The zero-order valence-electron chi connectivity index (χ0n) is 19.1. The molecule has 4 rings (SSSR count). The fourth-order valence-electron chi connectivity index (χ4n) is 3.87. The van der Waals surface area contributed by atoms with Gasteiger partial charge in [0, 0.05) is 23.7 Å². The van der Waals surface area contributed by atoms with Gasteiger partial charge in [-0.1, -0.05) is 66.6 Å². The molecule has 0 radical (unpaired) electrons. The molecule has 2 aliphatic rings. The van der Waals surface area contributed by atoms with Crippen LogP contribution in [0.4, 0.5) is 14.9 Å². The standard InChI is InChI=1S/C26H25Cl2FN4O2/c1-2-16-8-9-17-5-4-12-31-33(23(17)13-16)25(34)18-10-11-19(21(28)14-18)15-30-26(35)32-24-20(27)6-3-7-22(24)29/h3,5-11,13-14,16,31H,2,4,12,15H2,1H3,(H2,30,32,35). The van der Waals surface area contributed by atoms with Crippen molar-refractivity contribution in [3.05, 3.63) is 99.0 Å². The van der Waals surface area contributed by atoms with Crippen LogP contribution in [0.25, 0.3) is 0 Å². The smallest absolute Gasteiger partial charge is 0.319 e. The Hall–Kier alpha value is -3.13. The highest BCUT2D eigenvalue weighted by Crippen LogP contribution is 2.29. The number of para-hydroxylation sites is 1. The monoisotopic (exact) mass is 514 g/mol. The number of rotatable bonds is 5. The van der Waals surface area contributed by atoms with Crippen LogP contribution in [0.15, 0.2) is 72.0 Å². The van der Waals surface area contributed by atoms with Crippen molar-refractivity contribution in [2.24, 2.45) is 5.92 Å². The SMILES string of the molecule is CCC1C=CC2=CCCNN(C(=O)c3ccc(CNC(=O)Nc4c(F)cccc4Cl)c(Cl)c3)C2=C1. The van der Waals surface area contributed by atoms with E-state index in [1.807, 2.05) is 0 Å². The number of hydrogen-bond acceptors (Lipinski definition) is 3. The highest BCUT2D eigenvalue weighted by molar-refractivity contribution is 6.33. The molecule has 0 spiro atoms. The summed E-state index contributed by atoms with van der Waals surface area (Å²) in [5.41, 5.74) is 5.98. The van der Waals surface area contributed by atoms with Gasteiger partial charge >= 0.3 is 6.03 Å². The van der Waals surface area contributed by atoms with E-state index in [4.69, 9.17) is 23.2 Å². The maximum absolute atomic E-state index is 13.9. The fraction of sp³-hybridized carbons (Fsp3) is 0.231. The highest BCUT2D eigenvalue weighted by Gasteiger charge is 2.26. The molecule has 182 valence electrons. The van der Waals surface area contributed by atoms with E-state index in [9.17, 15) is 14.0 Å². The molecule has 2 aromatic rings. The summed E-state index contributed by atoms with van der Waals surface area (Å²) in [5, 5.41) is 7.02. The Balaban J connectivity index is 1.45. The number of halogens is 3. The molecular formula is C26H25Cl2FN4O2. The first-order valence-electron chi connectivity index (χ1n) is 11.3. The number of benzene rings is 2. The number of nitrogens with one attached hydrogen (secondary N) is 3. The van der Waals surface area contributed by atoms with Crippen molar-refractivity contribution in [1.29, 1.82) is 0 Å². The third-order valence-corrected chi connectivity index (χ3v) is 6.49. The van der Waals surface area contributed by atoms with Gasteiger partial charge in [0.05, 0.1) is 16.4 Å². The first kappa shape index (κ1) is 25.0. The average molecular weight is 515 g/mol. The Morgan fingerprint density at radius 1 is 1.20 bits per heavy atom. The molecule has 6 nitrogen and oxygen atoms in total. The first-order chi connectivity index (χ1) is 16.9. The van der Waals surface area contributed by atoms with Crippen LogP contribution in [0.5, 0.6) is 0 Å². The summed E-state index contributed by atoms with van der Waals surface area (Å²) < 4.78 is 13.9. The van der Waals surface area contributed by atoms with E-state index in [1.165, 1.54) is 18.2 Å². The van der Waals surface area contributed by atoms with Gasteiger partial charge in [0.25, 0.3) is 5.91 Å². The molecule has 0 saturated heterocycles. The third-order valence-electron chi connectivity index (χ3n) is 5.83. The molecule has 0 aromatic heterocycles. The van der Waals surface area contributed by atoms with Crippen LogP contribution >= 0.6 is 23.2 Å². The van der Waals surface area contributed by atoms with E-state index in [2.05, 4.69) is 47.3 Å². The summed E-state index contributed by atoms with van der Waals surface area (Å²) in [5.74, 6) is -0.593. The highest BCUT2D eigenvalue weighted by atomic mass is 35.5. The maximum Gasteiger partial charge on any atom is 0.319 e. The number of carbonyl (C=O) groups excluding carboxylic acids is 2. The number of fused-ring (bicyclic) bond motifs is 1. The van der Waals surface area contributed by atoms with Gasteiger partial charge in [-0.05, 0) is 54.2 Å². The summed E-state index contributed by atoms with van der Waals surface area (Å²) >= 11 is 12.4. The van der Waals surface area contributed by atoms with Crippen LogP contribution in [0, 0.1) is 11.7 Å². The van der Waals surface area contributed by atoms with Crippen molar-refractivity contribution in [3.8, 4) is 0 Å². The van der Waals surface area contributed by atoms with Gasteiger partial charge < -0.3 is 10.6 Å². The molecular weight excluding hydrogens is 490 g/mol. The molecule has 1 aliphatic heterocycles. The second-order valence-corrected chi connectivity index (χ2v) is 9.00. The number of hydrazine groups is 1. The second-order valence-electron chi connectivity index (χ2n) is 8.19. The van der Waals surface area contributed by atoms with Crippen LogP contribution in [0.2, 0.25) is 10.0 Å².